The third-order valence-corrected chi connectivity index (χ3v) is 3.08. The Balaban J connectivity index is 2.05. The molecule has 0 atom stereocenters. The molecule has 4 heteroatoms. The minimum atomic E-state index is 0.754. The van der Waals surface area contributed by atoms with E-state index in [1.54, 1.807) is 7.11 Å². The molecule has 0 amide bonds. The van der Waals surface area contributed by atoms with E-state index >= 15 is 0 Å². The quantitative estimate of drug-likeness (QED) is 0.835. The second-order valence-corrected chi connectivity index (χ2v) is 4.42. The summed E-state index contributed by atoms with van der Waals surface area (Å²) in [4.78, 5) is 6.44. The molecular weight excluding hydrogens is 238 g/mol. The van der Waals surface area contributed by atoms with Crippen LogP contribution in [0.1, 0.15) is 5.69 Å². The lowest BCUT2D eigenvalue weighted by Crippen LogP contribution is -2.21. The van der Waals surface area contributed by atoms with Crippen LogP contribution in [0.25, 0.3) is 0 Å². The summed E-state index contributed by atoms with van der Waals surface area (Å²) in [5, 5.41) is 0. The summed E-state index contributed by atoms with van der Waals surface area (Å²) < 4.78 is 5.23. The molecule has 0 saturated carbocycles. The Morgan fingerprint density at radius 1 is 1.26 bits per heavy atom. The Labute approximate surface area is 113 Å². The molecule has 2 N–H and O–H groups in total. The monoisotopic (exact) mass is 257 g/mol. The molecule has 1 heterocycles. The molecule has 0 saturated heterocycles. The fourth-order valence-corrected chi connectivity index (χ4v) is 1.93. The van der Waals surface area contributed by atoms with Gasteiger partial charge in [0.05, 0.1) is 18.5 Å². The summed E-state index contributed by atoms with van der Waals surface area (Å²) in [6.07, 6.45) is 2.70. The average molecular weight is 257 g/mol. The zero-order chi connectivity index (χ0) is 13.7. The molecule has 2 aromatic rings. The number of benzene rings is 1. The first-order valence-electron chi connectivity index (χ1n) is 6.25. The molecule has 1 aromatic carbocycles. The van der Waals surface area contributed by atoms with Gasteiger partial charge in [-0.15, -0.1) is 0 Å². The van der Waals surface area contributed by atoms with Gasteiger partial charge in [-0.1, -0.05) is 6.07 Å². The van der Waals surface area contributed by atoms with Gasteiger partial charge in [-0.25, -0.2) is 0 Å². The smallest absolute Gasteiger partial charge is 0.121 e. The molecule has 2 rings (SSSR count). The molecule has 0 fully saturated rings. The topological polar surface area (TPSA) is 51.4 Å². The number of anilines is 2. The Morgan fingerprint density at radius 3 is 2.79 bits per heavy atom. The minimum absolute atomic E-state index is 0.754. The predicted octanol–water partition coefficient (Wildman–Crippen LogP) is 2.35. The van der Waals surface area contributed by atoms with Crippen LogP contribution in [0.15, 0.2) is 42.6 Å². The number of rotatable bonds is 5. The summed E-state index contributed by atoms with van der Waals surface area (Å²) in [6, 6.07) is 11.6. The number of nitrogen functional groups attached to an aromatic ring is 1. The van der Waals surface area contributed by atoms with Crippen LogP contribution < -0.4 is 15.4 Å². The van der Waals surface area contributed by atoms with Gasteiger partial charge in [-0.05, 0) is 24.3 Å². The van der Waals surface area contributed by atoms with Crippen LogP contribution in [0.5, 0.6) is 5.75 Å². The Morgan fingerprint density at radius 2 is 2.11 bits per heavy atom. The fourth-order valence-electron chi connectivity index (χ4n) is 1.93. The summed E-state index contributed by atoms with van der Waals surface area (Å²) in [5.74, 6) is 0.814. The zero-order valence-corrected chi connectivity index (χ0v) is 11.3. The van der Waals surface area contributed by atoms with Gasteiger partial charge in [-0.2, -0.15) is 0 Å². The fraction of sp³-hybridized carbons (Fsp3) is 0.267. The number of hydrogen-bond donors (Lipinski definition) is 1. The van der Waals surface area contributed by atoms with E-state index in [2.05, 4.69) is 9.88 Å². The number of aromatic nitrogens is 1. The van der Waals surface area contributed by atoms with E-state index in [0.717, 1.165) is 35.8 Å². The van der Waals surface area contributed by atoms with E-state index in [4.69, 9.17) is 10.5 Å². The molecule has 0 aliphatic rings. The van der Waals surface area contributed by atoms with E-state index in [9.17, 15) is 0 Å². The van der Waals surface area contributed by atoms with Crippen molar-refractivity contribution in [1.29, 1.82) is 0 Å². The van der Waals surface area contributed by atoms with Crippen LogP contribution in [0.4, 0.5) is 11.4 Å². The third-order valence-electron chi connectivity index (χ3n) is 3.08. The first-order chi connectivity index (χ1) is 9.20. The molecule has 0 aliphatic carbocycles. The number of ether oxygens (including phenoxy) is 1. The van der Waals surface area contributed by atoms with Crippen molar-refractivity contribution in [3.8, 4) is 5.75 Å². The van der Waals surface area contributed by atoms with Crippen LogP contribution >= 0.6 is 0 Å². The first kappa shape index (κ1) is 13.2. The second kappa shape index (κ2) is 6.09. The molecule has 0 bridgehead atoms. The summed E-state index contributed by atoms with van der Waals surface area (Å²) in [5.41, 5.74) is 8.82. The van der Waals surface area contributed by atoms with Gasteiger partial charge in [0, 0.05) is 38.0 Å². The second-order valence-electron chi connectivity index (χ2n) is 4.42. The van der Waals surface area contributed by atoms with Crippen LogP contribution in [0, 0.1) is 0 Å². The molecular formula is C15H19N3O. The highest BCUT2D eigenvalue weighted by Crippen LogP contribution is 2.27. The lowest BCUT2D eigenvalue weighted by atomic mass is 10.2. The maximum atomic E-state index is 6.00. The van der Waals surface area contributed by atoms with Gasteiger partial charge in [-0.3, -0.25) is 4.98 Å². The highest BCUT2D eigenvalue weighted by atomic mass is 16.5. The van der Waals surface area contributed by atoms with Crippen LogP contribution in [0.2, 0.25) is 0 Å². The number of nitrogens with two attached hydrogens (primary N) is 1. The Bertz CT molecular complexity index is 528. The van der Waals surface area contributed by atoms with Gasteiger partial charge >= 0.3 is 0 Å². The molecule has 0 unspecified atom stereocenters. The predicted molar refractivity (Wildman–Crippen MR) is 78.6 cm³/mol. The van der Waals surface area contributed by atoms with Gasteiger partial charge < -0.3 is 15.4 Å². The van der Waals surface area contributed by atoms with Crippen molar-refractivity contribution in [2.45, 2.75) is 6.42 Å². The van der Waals surface area contributed by atoms with Crippen molar-refractivity contribution >= 4 is 11.4 Å². The number of likely N-dealkylation sites (N-methyl/N-ethyl adjacent to an activating group) is 1. The molecule has 0 spiro atoms. The van der Waals surface area contributed by atoms with E-state index in [-0.39, 0.29) is 0 Å². The molecule has 1 aromatic heterocycles. The summed E-state index contributed by atoms with van der Waals surface area (Å²) in [6.45, 7) is 0.856. The standard InChI is InChI=1S/C15H19N3O/c1-18(10-8-12-5-3-4-9-17-12)15-11-13(19-2)6-7-14(15)16/h3-7,9,11H,8,10,16H2,1-2H3. The maximum absolute atomic E-state index is 6.00. The lowest BCUT2D eigenvalue weighted by molar-refractivity contribution is 0.415. The zero-order valence-electron chi connectivity index (χ0n) is 11.3. The first-order valence-corrected chi connectivity index (χ1v) is 6.25. The SMILES string of the molecule is COc1ccc(N)c(N(C)CCc2ccccn2)c1. The highest BCUT2D eigenvalue weighted by molar-refractivity contribution is 5.69. The van der Waals surface area contributed by atoms with Crippen LogP contribution in [-0.4, -0.2) is 25.7 Å². The number of methoxy groups -OCH3 is 1. The molecule has 100 valence electrons. The van der Waals surface area contributed by atoms with Crippen molar-refractivity contribution in [2.24, 2.45) is 0 Å². The van der Waals surface area contributed by atoms with Gasteiger partial charge in [0.2, 0.25) is 0 Å². The maximum Gasteiger partial charge on any atom is 0.121 e. The van der Waals surface area contributed by atoms with Gasteiger partial charge in [0.1, 0.15) is 5.75 Å². The Kier molecular flexibility index (Phi) is 4.23. The van der Waals surface area contributed by atoms with E-state index in [1.165, 1.54) is 0 Å². The van der Waals surface area contributed by atoms with E-state index in [0.29, 0.717) is 0 Å². The Hall–Kier alpha value is -2.23. The van der Waals surface area contributed by atoms with Crippen molar-refractivity contribution < 1.29 is 4.74 Å². The normalized spacial score (nSPS) is 10.2. The average Bonchev–Trinajstić information content (AvgIpc) is 2.46. The van der Waals surface area contributed by atoms with E-state index in [1.807, 2.05) is 49.6 Å². The largest absolute Gasteiger partial charge is 0.497 e. The highest BCUT2D eigenvalue weighted by Gasteiger charge is 2.07. The summed E-state index contributed by atoms with van der Waals surface area (Å²) in [7, 11) is 3.68. The number of hydrogen-bond acceptors (Lipinski definition) is 4. The van der Waals surface area contributed by atoms with E-state index < -0.39 is 0 Å². The molecule has 0 radical (unpaired) electrons. The minimum Gasteiger partial charge on any atom is -0.497 e. The van der Waals surface area contributed by atoms with Crippen molar-refractivity contribution in [3.05, 3.63) is 48.3 Å². The molecule has 0 aliphatic heterocycles. The van der Waals surface area contributed by atoms with Crippen LogP contribution in [-0.2, 0) is 6.42 Å². The third kappa shape index (κ3) is 3.37. The van der Waals surface area contributed by atoms with Crippen molar-refractivity contribution in [1.82, 2.24) is 4.98 Å². The summed E-state index contributed by atoms with van der Waals surface area (Å²) >= 11 is 0. The molecule has 4 nitrogen and oxygen atoms in total. The molecule has 19 heavy (non-hydrogen) atoms. The number of nitrogens with zero attached hydrogens (tertiary/aromatic N) is 2. The van der Waals surface area contributed by atoms with Crippen molar-refractivity contribution in [2.75, 3.05) is 31.3 Å². The van der Waals surface area contributed by atoms with Gasteiger partial charge in [0.25, 0.3) is 0 Å². The lowest BCUT2D eigenvalue weighted by Gasteiger charge is -2.21. The number of pyridine rings is 1. The van der Waals surface area contributed by atoms with Crippen molar-refractivity contribution in [3.63, 3.8) is 0 Å². The van der Waals surface area contributed by atoms with Gasteiger partial charge in [0.15, 0.2) is 0 Å². The van der Waals surface area contributed by atoms with Crippen LogP contribution in [0.3, 0.4) is 0 Å².